The van der Waals surface area contributed by atoms with Crippen LogP contribution in [0.2, 0.25) is 0 Å². The Labute approximate surface area is 158 Å². The van der Waals surface area contributed by atoms with Gasteiger partial charge in [0.1, 0.15) is 18.1 Å². The zero-order chi connectivity index (χ0) is 19.1. The molecule has 2 aromatic carbocycles. The number of hydrogen-bond donors (Lipinski definition) is 3. The van der Waals surface area contributed by atoms with E-state index in [9.17, 15) is 4.79 Å². The van der Waals surface area contributed by atoms with Crippen molar-refractivity contribution >= 4 is 16.9 Å². The number of rotatable bonds is 8. The summed E-state index contributed by atoms with van der Waals surface area (Å²) < 4.78 is 10.7. The highest BCUT2D eigenvalue weighted by atomic mass is 16.5. The van der Waals surface area contributed by atoms with Gasteiger partial charge in [0.25, 0.3) is 0 Å². The van der Waals surface area contributed by atoms with Gasteiger partial charge in [0.15, 0.2) is 0 Å². The molecular weight excluding hydrogens is 342 g/mol. The molecule has 0 atom stereocenters. The Morgan fingerprint density at radius 3 is 2.70 bits per heavy atom. The lowest BCUT2D eigenvalue weighted by Gasteiger charge is -2.10. The van der Waals surface area contributed by atoms with Gasteiger partial charge in [0, 0.05) is 29.7 Å². The monoisotopic (exact) mass is 367 g/mol. The van der Waals surface area contributed by atoms with Crippen LogP contribution in [0.25, 0.3) is 10.9 Å². The normalized spacial score (nSPS) is 10.6. The number of methoxy groups -OCH3 is 1. The predicted octanol–water partition coefficient (Wildman–Crippen LogP) is 3.41. The Kier molecular flexibility index (Phi) is 6.20. The Balaban J connectivity index is 1.37. The molecule has 0 fully saturated rings. The summed E-state index contributed by atoms with van der Waals surface area (Å²) in [5.74, 6) is 1.46. The summed E-state index contributed by atoms with van der Waals surface area (Å²) >= 11 is 0. The minimum Gasteiger partial charge on any atom is -0.497 e. The smallest absolute Gasteiger partial charge is 0.314 e. The summed E-state index contributed by atoms with van der Waals surface area (Å²) in [6.07, 6.45) is 2.79. The maximum Gasteiger partial charge on any atom is 0.314 e. The predicted molar refractivity (Wildman–Crippen MR) is 107 cm³/mol. The minimum atomic E-state index is -0.194. The Bertz CT molecular complexity index is 905. The number of benzene rings is 2. The van der Waals surface area contributed by atoms with E-state index in [-0.39, 0.29) is 6.03 Å². The lowest BCUT2D eigenvalue weighted by atomic mass is 10.1. The molecule has 6 heteroatoms. The summed E-state index contributed by atoms with van der Waals surface area (Å²) in [4.78, 5) is 15.2. The summed E-state index contributed by atoms with van der Waals surface area (Å²) in [5, 5.41) is 6.92. The fraction of sp³-hybridized carbons (Fsp3) is 0.286. The first-order valence-corrected chi connectivity index (χ1v) is 9.01. The topological polar surface area (TPSA) is 75.4 Å². The molecule has 0 saturated heterocycles. The summed E-state index contributed by atoms with van der Waals surface area (Å²) in [6.45, 7) is 3.49. The third-order valence-corrected chi connectivity index (χ3v) is 4.37. The summed E-state index contributed by atoms with van der Waals surface area (Å²) in [5.41, 5.74) is 3.58. The Morgan fingerprint density at radius 1 is 1.07 bits per heavy atom. The van der Waals surface area contributed by atoms with Crippen molar-refractivity contribution in [1.29, 1.82) is 0 Å². The molecule has 0 spiro atoms. The molecule has 6 nitrogen and oxygen atoms in total. The molecule has 0 unspecified atom stereocenters. The third kappa shape index (κ3) is 4.94. The Morgan fingerprint density at radius 2 is 1.85 bits per heavy atom. The van der Waals surface area contributed by atoms with Gasteiger partial charge < -0.3 is 25.1 Å². The highest BCUT2D eigenvalue weighted by Crippen LogP contribution is 2.22. The van der Waals surface area contributed by atoms with Crippen molar-refractivity contribution in [3.05, 3.63) is 59.8 Å². The van der Waals surface area contributed by atoms with Crippen LogP contribution in [0.5, 0.6) is 11.5 Å². The zero-order valence-corrected chi connectivity index (χ0v) is 15.7. The number of amides is 2. The van der Waals surface area contributed by atoms with E-state index in [0.717, 1.165) is 17.7 Å². The minimum absolute atomic E-state index is 0.194. The molecule has 0 aliphatic carbocycles. The first kappa shape index (κ1) is 18.6. The van der Waals surface area contributed by atoms with Gasteiger partial charge >= 0.3 is 6.03 Å². The van der Waals surface area contributed by atoms with Crippen LogP contribution in [-0.2, 0) is 6.42 Å². The number of urea groups is 1. The fourth-order valence-corrected chi connectivity index (χ4v) is 3.05. The number of fused-ring (bicyclic) bond motifs is 1. The average Bonchev–Trinajstić information content (AvgIpc) is 3.10. The first-order valence-electron chi connectivity index (χ1n) is 9.01. The molecule has 3 aromatic rings. The van der Waals surface area contributed by atoms with Crippen molar-refractivity contribution < 1.29 is 14.3 Å². The molecule has 0 bridgehead atoms. The number of nitrogens with one attached hydrogen (secondary N) is 3. The third-order valence-electron chi connectivity index (χ3n) is 4.37. The molecule has 1 heterocycles. The van der Waals surface area contributed by atoms with Crippen LogP contribution in [0.3, 0.4) is 0 Å². The second-order valence-corrected chi connectivity index (χ2v) is 6.27. The van der Waals surface area contributed by atoms with Gasteiger partial charge in [-0.2, -0.15) is 0 Å². The van der Waals surface area contributed by atoms with Crippen LogP contribution in [0.15, 0.2) is 48.7 Å². The van der Waals surface area contributed by atoms with E-state index in [4.69, 9.17) is 9.47 Å². The van der Waals surface area contributed by atoms with Crippen LogP contribution < -0.4 is 20.1 Å². The number of carbonyl (C=O) groups excluding carboxylic acids is 1. The number of carbonyl (C=O) groups is 1. The molecule has 142 valence electrons. The number of aromatic amines is 1. The van der Waals surface area contributed by atoms with E-state index in [1.165, 1.54) is 16.5 Å². The van der Waals surface area contributed by atoms with Crippen LogP contribution in [0, 0.1) is 6.92 Å². The fourth-order valence-electron chi connectivity index (χ4n) is 3.05. The quantitative estimate of drug-likeness (QED) is 0.534. The van der Waals surface area contributed by atoms with Gasteiger partial charge in [-0.3, -0.25) is 0 Å². The molecule has 0 aliphatic rings. The molecule has 27 heavy (non-hydrogen) atoms. The van der Waals surface area contributed by atoms with Crippen LogP contribution in [-0.4, -0.2) is 37.8 Å². The van der Waals surface area contributed by atoms with Crippen LogP contribution in [0.1, 0.15) is 11.1 Å². The van der Waals surface area contributed by atoms with E-state index >= 15 is 0 Å². The maximum atomic E-state index is 11.9. The molecule has 0 saturated carbocycles. The first-order chi connectivity index (χ1) is 13.2. The zero-order valence-electron chi connectivity index (χ0n) is 15.7. The second-order valence-electron chi connectivity index (χ2n) is 6.27. The molecule has 0 radical (unpaired) electrons. The molecule has 0 aliphatic heterocycles. The van der Waals surface area contributed by atoms with Crippen LogP contribution in [0.4, 0.5) is 4.79 Å². The van der Waals surface area contributed by atoms with Crippen molar-refractivity contribution in [3.8, 4) is 11.5 Å². The molecule has 2 amide bonds. The molecule has 1 aromatic heterocycles. The van der Waals surface area contributed by atoms with Crippen molar-refractivity contribution in [2.24, 2.45) is 0 Å². The SMILES string of the molecule is COc1cccc(OCCNC(=O)NCCc2c[nH]c3cccc(C)c23)c1. The van der Waals surface area contributed by atoms with Crippen molar-refractivity contribution in [2.45, 2.75) is 13.3 Å². The van der Waals surface area contributed by atoms with Crippen LogP contribution >= 0.6 is 0 Å². The van der Waals surface area contributed by atoms with Gasteiger partial charge in [-0.15, -0.1) is 0 Å². The van der Waals surface area contributed by atoms with E-state index in [0.29, 0.717) is 25.4 Å². The standard InChI is InChI=1S/C21H25N3O3/c1-15-5-3-8-19-20(15)16(14-24-19)9-10-22-21(25)23-11-12-27-18-7-4-6-17(13-18)26-2/h3-8,13-14,24H,9-12H2,1-2H3,(H2,22,23,25). The average molecular weight is 367 g/mol. The van der Waals surface area contributed by atoms with Gasteiger partial charge in [-0.05, 0) is 42.7 Å². The van der Waals surface area contributed by atoms with Crippen molar-refractivity contribution in [3.63, 3.8) is 0 Å². The number of ether oxygens (including phenoxy) is 2. The number of aryl methyl sites for hydroxylation is 1. The van der Waals surface area contributed by atoms with Crippen molar-refractivity contribution in [1.82, 2.24) is 15.6 Å². The van der Waals surface area contributed by atoms with Crippen molar-refractivity contribution in [2.75, 3.05) is 26.8 Å². The highest BCUT2D eigenvalue weighted by molar-refractivity contribution is 5.86. The van der Waals surface area contributed by atoms with E-state index < -0.39 is 0 Å². The highest BCUT2D eigenvalue weighted by Gasteiger charge is 2.07. The van der Waals surface area contributed by atoms with Gasteiger partial charge in [-0.1, -0.05) is 18.2 Å². The van der Waals surface area contributed by atoms with E-state index in [1.807, 2.05) is 36.5 Å². The van der Waals surface area contributed by atoms with Gasteiger partial charge in [0.05, 0.1) is 13.7 Å². The van der Waals surface area contributed by atoms with Gasteiger partial charge in [0.2, 0.25) is 0 Å². The number of H-pyrrole nitrogens is 1. The lowest BCUT2D eigenvalue weighted by Crippen LogP contribution is -2.38. The van der Waals surface area contributed by atoms with E-state index in [2.05, 4.69) is 34.7 Å². The lowest BCUT2D eigenvalue weighted by molar-refractivity contribution is 0.236. The van der Waals surface area contributed by atoms with Gasteiger partial charge in [-0.25, -0.2) is 4.79 Å². The molecule has 3 N–H and O–H groups in total. The number of hydrogen-bond acceptors (Lipinski definition) is 3. The summed E-state index contributed by atoms with van der Waals surface area (Å²) in [7, 11) is 1.61. The maximum absolute atomic E-state index is 11.9. The largest absolute Gasteiger partial charge is 0.497 e. The second kappa shape index (κ2) is 8.98. The molecule has 3 rings (SSSR count). The number of aromatic nitrogens is 1. The summed E-state index contributed by atoms with van der Waals surface area (Å²) in [6, 6.07) is 13.4. The Hall–Kier alpha value is -3.15. The molecular formula is C21H25N3O3. The van der Waals surface area contributed by atoms with E-state index in [1.54, 1.807) is 7.11 Å².